The lowest BCUT2D eigenvalue weighted by atomic mass is 10.1. The third kappa shape index (κ3) is 3.87. The number of rotatable bonds is 5. The molecule has 6 nitrogen and oxygen atoms in total. The quantitative estimate of drug-likeness (QED) is 0.483. The fourth-order valence-corrected chi connectivity index (χ4v) is 3.44. The fraction of sp³-hybridized carbons (Fsp3) is 0.217. The van der Waals surface area contributed by atoms with E-state index in [1.165, 1.54) is 0 Å². The molecule has 2 heterocycles. The number of imidazole rings is 1. The number of aromatic amines is 1. The number of phenolic OH excluding ortho intramolecular Hbond substituents is 2. The lowest BCUT2D eigenvalue weighted by molar-refractivity contribution is 0.474. The Morgan fingerprint density at radius 1 is 1.00 bits per heavy atom. The van der Waals surface area contributed by atoms with Gasteiger partial charge in [-0.25, -0.2) is 4.98 Å². The molecule has 0 aliphatic carbocycles. The van der Waals surface area contributed by atoms with Gasteiger partial charge in [-0.15, -0.1) is 0 Å². The summed E-state index contributed by atoms with van der Waals surface area (Å²) < 4.78 is 1.60. The first kappa shape index (κ1) is 18.8. The zero-order valence-electron chi connectivity index (χ0n) is 16.4. The summed E-state index contributed by atoms with van der Waals surface area (Å²) in [5.74, 6) is 1.41. The molecule has 0 bridgehead atoms. The van der Waals surface area contributed by atoms with E-state index in [-0.39, 0.29) is 17.1 Å². The van der Waals surface area contributed by atoms with Crippen molar-refractivity contribution in [3.8, 4) is 28.6 Å². The summed E-state index contributed by atoms with van der Waals surface area (Å²) in [4.78, 5) is 21.2. The van der Waals surface area contributed by atoms with Crippen LogP contribution in [0.25, 0.3) is 17.1 Å². The minimum Gasteiger partial charge on any atom is -0.508 e. The van der Waals surface area contributed by atoms with Gasteiger partial charge in [-0.2, -0.15) is 0 Å². The maximum Gasteiger partial charge on any atom is 0.278 e. The van der Waals surface area contributed by atoms with Crippen molar-refractivity contribution in [1.82, 2.24) is 14.5 Å². The van der Waals surface area contributed by atoms with E-state index < -0.39 is 0 Å². The van der Waals surface area contributed by atoms with E-state index in [0.717, 1.165) is 28.9 Å². The molecular weight excluding hydrogens is 366 g/mol. The van der Waals surface area contributed by atoms with Crippen molar-refractivity contribution >= 4 is 0 Å². The minimum atomic E-state index is -0.146. The molecule has 2 aliphatic rings. The Morgan fingerprint density at radius 3 is 2.24 bits per heavy atom. The van der Waals surface area contributed by atoms with Crippen LogP contribution in [0.15, 0.2) is 59.5 Å². The van der Waals surface area contributed by atoms with Gasteiger partial charge in [0, 0.05) is 12.6 Å². The van der Waals surface area contributed by atoms with Crippen LogP contribution in [0.3, 0.4) is 0 Å². The SMILES string of the molecule is CC(C)Cc1[nH]c(-c2ccc(O)cc2)cn2c(=O)c(Cc3ccc(O)cc3)nc1-2. The van der Waals surface area contributed by atoms with Gasteiger partial charge in [-0.05, 0) is 59.9 Å². The number of benzene rings is 2. The first-order valence-corrected chi connectivity index (χ1v) is 9.61. The van der Waals surface area contributed by atoms with E-state index in [4.69, 9.17) is 0 Å². The molecule has 0 radical (unpaired) electrons. The molecule has 2 aromatic rings. The molecule has 0 unspecified atom stereocenters. The van der Waals surface area contributed by atoms with Crippen molar-refractivity contribution in [2.75, 3.05) is 0 Å². The van der Waals surface area contributed by atoms with E-state index in [9.17, 15) is 15.0 Å². The zero-order valence-corrected chi connectivity index (χ0v) is 16.4. The molecule has 2 aromatic carbocycles. The largest absolute Gasteiger partial charge is 0.508 e. The van der Waals surface area contributed by atoms with Gasteiger partial charge in [0.25, 0.3) is 5.56 Å². The summed E-state index contributed by atoms with van der Waals surface area (Å²) in [5.41, 5.74) is 3.81. The molecule has 0 amide bonds. The van der Waals surface area contributed by atoms with E-state index in [1.807, 2.05) is 12.1 Å². The second kappa shape index (κ2) is 7.47. The first-order chi connectivity index (χ1) is 13.9. The predicted octanol–water partition coefficient (Wildman–Crippen LogP) is 3.87. The monoisotopic (exact) mass is 389 g/mol. The van der Waals surface area contributed by atoms with Crippen LogP contribution in [0, 0.1) is 5.92 Å². The summed E-state index contributed by atoms with van der Waals surface area (Å²) in [6.45, 7) is 4.24. The Balaban J connectivity index is 1.83. The van der Waals surface area contributed by atoms with Crippen LogP contribution >= 0.6 is 0 Å². The molecule has 4 rings (SSSR count). The predicted molar refractivity (Wildman–Crippen MR) is 112 cm³/mol. The molecule has 6 heteroatoms. The standard InChI is InChI=1S/C23H23N3O3/c1-14(2)11-19-22-25-20(12-15-3-7-17(27)8-4-15)23(29)26(22)13-21(24-19)16-5-9-18(28)10-6-16/h3-10,13-14,24,27-28H,11-12H2,1-2H3. The van der Waals surface area contributed by atoms with Crippen LogP contribution in [0.1, 0.15) is 30.8 Å². The first-order valence-electron chi connectivity index (χ1n) is 9.61. The van der Waals surface area contributed by atoms with Crippen molar-refractivity contribution in [3.05, 3.63) is 82.0 Å². The third-order valence-corrected chi connectivity index (χ3v) is 4.85. The van der Waals surface area contributed by atoms with E-state index in [0.29, 0.717) is 23.9 Å². The minimum absolute atomic E-state index is 0.146. The van der Waals surface area contributed by atoms with Gasteiger partial charge < -0.3 is 15.2 Å². The normalized spacial score (nSPS) is 11.4. The van der Waals surface area contributed by atoms with Crippen LogP contribution < -0.4 is 5.56 Å². The molecule has 0 atom stereocenters. The number of H-pyrrole nitrogens is 1. The summed E-state index contributed by atoms with van der Waals surface area (Å²) in [5, 5.41) is 19.0. The van der Waals surface area contributed by atoms with Gasteiger partial charge in [0.1, 0.15) is 17.2 Å². The number of hydrogen-bond acceptors (Lipinski definition) is 4. The number of aromatic hydroxyl groups is 2. The van der Waals surface area contributed by atoms with Crippen LogP contribution in [0.5, 0.6) is 11.5 Å². The highest BCUT2D eigenvalue weighted by Gasteiger charge is 2.20. The van der Waals surface area contributed by atoms with E-state index >= 15 is 0 Å². The lowest BCUT2D eigenvalue weighted by Crippen LogP contribution is -2.18. The highest BCUT2D eigenvalue weighted by atomic mass is 16.3. The highest BCUT2D eigenvalue weighted by molar-refractivity contribution is 5.61. The number of nitrogens with zero attached hydrogens (tertiary/aromatic N) is 2. The summed E-state index contributed by atoms with van der Waals surface area (Å²) >= 11 is 0. The summed E-state index contributed by atoms with van der Waals surface area (Å²) in [6.07, 6.45) is 2.92. The zero-order chi connectivity index (χ0) is 20.5. The van der Waals surface area contributed by atoms with Gasteiger partial charge in [0.05, 0.1) is 11.4 Å². The molecule has 148 valence electrons. The molecule has 2 aliphatic heterocycles. The van der Waals surface area contributed by atoms with Crippen LogP contribution in [-0.4, -0.2) is 24.7 Å². The van der Waals surface area contributed by atoms with Gasteiger partial charge in [0.2, 0.25) is 0 Å². The number of aromatic nitrogens is 3. The molecule has 0 aromatic heterocycles. The van der Waals surface area contributed by atoms with Crippen LogP contribution in [0.4, 0.5) is 0 Å². The van der Waals surface area contributed by atoms with Crippen molar-refractivity contribution < 1.29 is 10.2 Å². The molecule has 0 spiro atoms. The van der Waals surface area contributed by atoms with Crippen molar-refractivity contribution in [2.45, 2.75) is 26.7 Å². The topological polar surface area (TPSA) is 91.1 Å². The summed E-state index contributed by atoms with van der Waals surface area (Å²) in [7, 11) is 0. The molecule has 3 N–H and O–H groups in total. The Kier molecular flexibility index (Phi) is 4.84. The number of fused-ring (bicyclic) bond motifs is 1. The van der Waals surface area contributed by atoms with E-state index in [2.05, 4.69) is 23.8 Å². The number of phenols is 2. The second-order valence-electron chi connectivity index (χ2n) is 7.69. The van der Waals surface area contributed by atoms with Gasteiger partial charge in [-0.1, -0.05) is 26.0 Å². The van der Waals surface area contributed by atoms with Gasteiger partial charge in [0.15, 0.2) is 5.82 Å². The van der Waals surface area contributed by atoms with Crippen molar-refractivity contribution in [3.63, 3.8) is 0 Å². The average Bonchev–Trinajstić information content (AvgIpc) is 3.00. The summed E-state index contributed by atoms with van der Waals surface area (Å²) in [6, 6.07) is 13.7. The Morgan fingerprint density at radius 2 is 1.62 bits per heavy atom. The lowest BCUT2D eigenvalue weighted by Gasteiger charge is -2.14. The Hall–Kier alpha value is -3.54. The molecular formula is C23H23N3O3. The average molecular weight is 389 g/mol. The maximum absolute atomic E-state index is 13.1. The number of nitrogens with one attached hydrogen (secondary N) is 1. The van der Waals surface area contributed by atoms with Crippen molar-refractivity contribution in [1.29, 1.82) is 0 Å². The van der Waals surface area contributed by atoms with Crippen LogP contribution in [-0.2, 0) is 12.8 Å². The second-order valence-corrected chi connectivity index (χ2v) is 7.69. The molecule has 29 heavy (non-hydrogen) atoms. The smallest absolute Gasteiger partial charge is 0.278 e. The molecule has 0 fully saturated rings. The highest BCUT2D eigenvalue weighted by Crippen LogP contribution is 2.25. The van der Waals surface area contributed by atoms with Crippen LogP contribution in [0.2, 0.25) is 0 Å². The molecule has 0 saturated carbocycles. The fourth-order valence-electron chi connectivity index (χ4n) is 3.44. The van der Waals surface area contributed by atoms with E-state index in [1.54, 1.807) is 47.2 Å². The molecule has 0 saturated heterocycles. The van der Waals surface area contributed by atoms with Crippen molar-refractivity contribution in [2.24, 2.45) is 5.92 Å². The Labute approximate surface area is 168 Å². The Bertz CT molecular complexity index is 1160. The maximum atomic E-state index is 13.1. The third-order valence-electron chi connectivity index (χ3n) is 4.85. The van der Waals surface area contributed by atoms with Gasteiger partial charge in [-0.3, -0.25) is 9.36 Å². The van der Waals surface area contributed by atoms with Gasteiger partial charge >= 0.3 is 0 Å². The number of hydrogen-bond donors (Lipinski definition) is 3.